The highest BCUT2D eigenvalue weighted by molar-refractivity contribution is 6.32. The van der Waals surface area contributed by atoms with E-state index in [1.165, 1.54) is 16.8 Å². The number of carbonyl (C=O) groups excluding carboxylic acids is 1. The van der Waals surface area contributed by atoms with Crippen molar-refractivity contribution in [3.05, 3.63) is 116 Å². The number of H-pyrrole nitrogens is 1. The number of hydrogen-bond acceptors (Lipinski definition) is 5. The Labute approximate surface area is 219 Å². The fourth-order valence-electron chi connectivity index (χ4n) is 3.99. The molecular formula is C29H28ClN3O4. The van der Waals surface area contributed by atoms with Crippen molar-refractivity contribution in [1.82, 2.24) is 14.9 Å². The standard InChI is InChI=1S/C29H28ClN3O4/c1-19(2)37-27-11-8-23(15-26(27)30)21-4-3-5-22(14-21)24(18-34)17-31-16-20-6-9-25(10-7-20)33-13-12-28(35)32-29(33)36/h3-15,18-19,24,31H,16-17H2,1-2H3,(H,32,35,36). The predicted molar refractivity (Wildman–Crippen MR) is 146 cm³/mol. The molecule has 4 rings (SSSR count). The van der Waals surface area contributed by atoms with Gasteiger partial charge in [0.15, 0.2) is 0 Å². The summed E-state index contributed by atoms with van der Waals surface area (Å²) in [5.74, 6) is 0.322. The lowest BCUT2D eigenvalue weighted by Crippen LogP contribution is -2.27. The second-order valence-electron chi connectivity index (χ2n) is 8.96. The molecule has 0 bridgehead atoms. The summed E-state index contributed by atoms with van der Waals surface area (Å²) >= 11 is 6.42. The lowest BCUT2D eigenvalue weighted by atomic mass is 9.95. The van der Waals surface area contributed by atoms with Gasteiger partial charge in [-0.1, -0.05) is 54.1 Å². The molecule has 1 unspecified atom stereocenters. The van der Waals surface area contributed by atoms with Crippen molar-refractivity contribution >= 4 is 17.9 Å². The zero-order valence-electron chi connectivity index (χ0n) is 20.6. The van der Waals surface area contributed by atoms with Gasteiger partial charge in [-0.3, -0.25) is 14.3 Å². The van der Waals surface area contributed by atoms with E-state index in [2.05, 4.69) is 10.3 Å². The van der Waals surface area contributed by atoms with Crippen LogP contribution in [0, 0.1) is 0 Å². The number of carbonyl (C=O) groups is 1. The third-order valence-corrected chi connectivity index (χ3v) is 6.13. The molecule has 4 aromatic rings. The summed E-state index contributed by atoms with van der Waals surface area (Å²) in [5, 5.41) is 3.88. The van der Waals surface area contributed by atoms with E-state index >= 15 is 0 Å². The Hall–Kier alpha value is -3.94. The van der Waals surface area contributed by atoms with Gasteiger partial charge < -0.3 is 14.8 Å². The van der Waals surface area contributed by atoms with Gasteiger partial charge in [0.1, 0.15) is 12.0 Å². The van der Waals surface area contributed by atoms with Crippen LogP contribution in [0.15, 0.2) is 88.6 Å². The molecular weight excluding hydrogens is 490 g/mol. The van der Waals surface area contributed by atoms with Gasteiger partial charge in [-0.25, -0.2) is 4.79 Å². The quantitative estimate of drug-likeness (QED) is 0.297. The first-order valence-corrected chi connectivity index (χ1v) is 12.4. The molecule has 0 saturated carbocycles. The number of rotatable bonds is 10. The fraction of sp³-hybridized carbons (Fsp3) is 0.207. The summed E-state index contributed by atoms with van der Waals surface area (Å²) in [6.07, 6.45) is 2.43. The second kappa shape index (κ2) is 11.9. The lowest BCUT2D eigenvalue weighted by Gasteiger charge is -2.15. The van der Waals surface area contributed by atoms with Crippen LogP contribution in [0.25, 0.3) is 16.8 Å². The summed E-state index contributed by atoms with van der Waals surface area (Å²) in [5.41, 5.74) is 3.55. The summed E-state index contributed by atoms with van der Waals surface area (Å²) in [7, 11) is 0. The highest BCUT2D eigenvalue weighted by Gasteiger charge is 2.13. The van der Waals surface area contributed by atoms with E-state index in [1.54, 1.807) is 12.1 Å². The number of aromatic nitrogens is 2. The molecule has 37 heavy (non-hydrogen) atoms. The summed E-state index contributed by atoms with van der Waals surface area (Å²) < 4.78 is 7.09. The first kappa shape index (κ1) is 26.1. The van der Waals surface area contributed by atoms with Crippen molar-refractivity contribution in [2.24, 2.45) is 0 Å². The molecule has 0 radical (unpaired) electrons. The molecule has 0 spiro atoms. The number of aldehydes is 1. The number of nitrogens with zero attached hydrogens (tertiary/aromatic N) is 1. The Bertz CT molecular complexity index is 1490. The van der Waals surface area contributed by atoms with Gasteiger partial charge >= 0.3 is 5.69 Å². The van der Waals surface area contributed by atoms with Crippen LogP contribution in [0.4, 0.5) is 0 Å². The molecule has 0 saturated heterocycles. The molecule has 0 aliphatic carbocycles. The molecule has 0 amide bonds. The third-order valence-electron chi connectivity index (χ3n) is 5.84. The van der Waals surface area contributed by atoms with Crippen LogP contribution in [-0.2, 0) is 11.3 Å². The van der Waals surface area contributed by atoms with Crippen LogP contribution < -0.4 is 21.3 Å². The van der Waals surface area contributed by atoms with Crippen LogP contribution in [-0.4, -0.2) is 28.5 Å². The van der Waals surface area contributed by atoms with Crippen molar-refractivity contribution in [3.8, 4) is 22.6 Å². The van der Waals surface area contributed by atoms with Crippen molar-refractivity contribution in [1.29, 1.82) is 0 Å². The van der Waals surface area contributed by atoms with E-state index in [4.69, 9.17) is 16.3 Å². The first-order valence-electron chi connectivity index (χ1n) is 12.0. The zero-order chi connectivity index (χ0) is 26.4. The molecule has 1 atom stereocenters. The van der Waals surface area contributed by atoms with Crippen molar-refractivity contribution in [3.63, 3.8) is 0 Å². The first-order chi connectivity index (χ1) is 17.8. The fourth-order valence-corrected chi connectivity index (χ4v) is 4.22. The van der Waals surface area contributed by atoms with E-state index in [-0.39, 0.29) is 12.0 Å². The lowest BCUT2D eigenvalue weighted by molar-refractivity contribution is -0.109. The SMILES string of the molecule is CC(C)Oc1ccc(-c2cccc(C(C=O)CNCc3ccc(-n4ccc(=O)[nH]c4=O)cc3)c2)cc1Cl. The van der Waals surface area contributed by atoms with Gasteiger partial charge in [-0.05, 0) is 60.4 Å². The number of benzene rings is 3. The van der Waals surface area contributed by atoms with Crippen LogP contribution in [0.3, 0.4) is 0 Å². The van der Waals surface area contributed by atoms with Crippen LogP contribution in [0.1, 0.15) is 30.9 Å². The van der Waals surface area contributed by atoms with Gasteiger partial charge in [0.25, 0.3) is 5.56 Å². The molecule has 8 heteroatoms. The average Bonchev–Trinajstić information content (AvgIpc) is 2.88. The van der Waals surface area contributed by atoms with E-state index in [0.29, 0.717) is 29.5 Å². The molecule has 190 valence electrons. The predicted octanol–water partition coefficient (Wildman–Crippen LogP) is 4.71. The van der Waals surface area contributed by atoms with Crippen molar-refractivity contribution in [2.45, 2.75) is 32.4 Å². The Kier molecular flexibility index (Phi) is 8.38. The minimum atomic E-state index is -0.489. The number of hydrogen-bond donors (Lipinski definition) is 2. The number of aromatic amines is 1. The largest absolute Gasteiger partial charge is 0.489 e. The van der Waals surface area contributed by atoms with E-state index < -0.39 is 11.2 Å². The summed E-state index contributed by atoms with van der Waals surface area (Å²) in [6.45, 7) is 4.93. The highest BCUT2D eigenvalue weighted by atomic mass is 35.5. The number of ether oxygens (including phenoxy) is 1. The van der Waals surface area contributed by atoms with Crippen LogP contribution >= 0.6 is 11.6 Å². The maximum atomic E-state index is 12.0. The summed E-state index contributed by atoms with van der Waals surface area (Å²) in [6, 6.07) is 22.3. The van der Waals surface area contributed by atoms with E-state index in [0.717, 1.165) is 28.5 Å². The molecule has 0 fully saturated rings. The minimum absolute atomic E-state index is 0.0331. The molecule has 3 aromatic carbocycles. The van der Waals surface area contributed by atoms with Gasteiger partial charge in [-0.15, -0.1) is 0 Å². The van der Waals surface area contributed by atoms with Crippen LogP contribution in [0.2, 0.25) is 5.02 Å². The van der Waals surface area contributed by atoms with Crippen molar-refractivity contribution < 1.29 is 9.53 Å². The van der Waals surface area contributed by atoms with Crippen molar-refractivity contribution in [2.75, 3.05) is 6.54 Å². The van der Waals surface area contributed by atoms with Gasteiger partial charge in [-0.2, -0.15) is 0 Å². The molecule has 1 heterocycles. The third kappa shape index (κ3) is 6.64. The van der Waals surface area contributed by atoms with Crippen LogP contribution in [0.5, 0.6) is 5.75 Å². The normalized spacial score (nSPS) is 11.9. The molecule has 0 aliphatic heterocycles. The average molecular weight is 518 g/mol. The van der Waals surface area contributed by atoms with Gasteiger partial charge in [0, 0.05) is 25.4 Å². The van der Waals surface area contributed by atoms with Gasteiger partial charge in [0.05, 0.1) is 22.7 Å². The maximum absolute atomic E-state index is 12.0. The smallest absolute Gasteiger partial charge is 0.332 e. The number of nitrogens with one attached hydrogen (secondary N) is 2. The molecule has 0 aliphatic rings. The van der Waals surface area contributed by atoms with Gasteiger partial charge in [0.2, 0.25) is 0 Å². The maximum Gasteiger partial charge on any atom is 0.332 e. The van der Waals surface area contributed by atoms with E-state index in [1.807, 2.05) is 68.4 Å². The number of halogens is 1. The topological polar surface area (TPSA) is 93.2 Å². The molecule has 1 aromatic heterocycles. The minimum Gasteiger partial charge on any atom is -0.489 e. The Morgan fingerprint density at radius 2 is 1.76 bits per heavy atom. The molecule has 2 N–H and O–H groups in total. The van der Waals surface area contributed by atoms with E-state index in [9.17, 15) is 14.4 Å². The second-order valence-corrected chi connectivity index (χ2v) is 9.36. The molecule has 7 nitrogen and oxygen atoms in total. The Morgan fingerprint density at radius 3 is 2.43 bits per heavy atom. The monoisotopic (exact) mass is 517 g/mol. The highest BCUT2D eigenvalue weighted by Crippen LogP contribution is 2.32. The Morgan fingerprint density at radius 1 is 1.00 bits per heavy atom. The summed E-state index contributed by atoms with van der Waals surface area (Å²) in [4.78, 5) is 37.4. The zero-order valence-corrected chi connectivity index (χ0v) is 21.4. The Balaban J connectivity index is 1.40.